The number of aliphatic carboxylic acids is 1. The molecule has 0 saturated carbocycles. The number of hydrogen-bond donors (Lipinski definition) is 1. The zero-order valence-corrected chi connectivity index (χ0v) is 7.53. The monoisotopic (exact) mass is 196 g/mol. The molecule has 0 saturated heterocycles. The standard InChI is InChI=1S/C10H9FO3/c1-14-9-4-3-8(11)6-7(9)2-5-10(12)13/h2-6H,1H3,(H,12,13)/b5-2-. The smallest absolute Gasteiger partial charge is 0.328 e. The van der Waals surface area contributed by atoms with Gasteiger partial charge in [0.1, 0.15) is 11.6 Å². The van der Waals surface area contributed by atoms with Crippen molar-refractivity contribution in [1.29, 1.82) is 0 Å². The van der Waals surface area contributed by atoms with Crippen LogP contribution < -0.4 is 4.74 Å². The Hall–Kier alpha value is -1.84. The Balaban J connectivity index is 3.04. The average molecular weight is 196 g/mol. The molecule has 0 unspecified atom stereocenters. The molecule has 0 aliphatic carbocycles. The van der Waals surface area contributed by atoms with Gasteiger partial charge in [0, 0.05) is 11.6 Å². The van der Waals surface area contributed by atoms with Crippen LogP contribution in [0, 0.1) is 5.82 Å². The summed E-state index contributed by atoms with van der Waals surface area (Å²) in [6, 6.07) is 3.89. The summed E-state index contributed by atoms with van der Waals surface area (Å²) in [6.07, 6.45) is 2.21. The van der Waals surface area contributed by atoms with Crippen LogP contribution in [0.2, 0.25) is 0 Å². The van der Waals surface area contributed by atoms with Gasteiger partial charge >= 0.3 is 5.97 Å². The van der Waals surface area contributed by atoms with Crippen molar-refractivity contribution in [3.05, 3.63) is 35.7 Å². The van der Waals surface area contributed by atoms with Gasteiger partial charge in [0.2, 0.25) is 0 Å². The summed E-state index contributed by atoms with van der Waals surface area (Å²) in [6.45, 7) is 0. The van der Waals surface area contributed by atoms with Gasteiger partial charge in [0.05, 0.1) is 7.11 Å². The molecule has 4 heteroatoms. The number of carboxylic acid groups (broad SMARTS) is 1. The van der Waals surface area contributed by atoms with Crippen LogP contribution in [0.4, 0.5) is 4.39 Å². The minimum atomic E-state index is -1.09. The first-order chi connectivity index (χ1) is 6.63. The Bertz CT molecular complexity index is 372. The molecule has 1 aromatic carbocycles. The highest BCUT2D eigenvalue weighted by molar-refractivity contribution is 5.85. The number of halogens is 1. The van der Waals surface area contributed by atoms with Gasteiger partial charge in [-0.25, -0.2) is 9.18 Å². The van der Waals surface area contributed by atoms with E-state index >= 15 is 0 Å². The molecule has 0 aliphatic rings. The molecule has 0 aliphatic heterocycles. The van der Waals surface area contributed by atoms with E-state index in [1.807, 2.05) is 0 Å². The van der Waals surface area contributed by atoms with E-state index in [1.54, 1.807) is 0 Å². The van der Waals surface area contributed by atoms with Gasteiger partial charge in [0.15, 0.2) is 0 Å². The predicted octanol–water partition coefficient (Wildman–Crippen LogP) is 1.93. The Morgan fingerprint density at radius 2 is 2.29 bits per heavy atom. The minimum absolute atomic E-state index is 0.398. The normalized spacial score (nSPS) is 10.4. The highest BCUT2D eigenvalue weighted by Gasteiger charge is 2.01. The van der Waals surface area contributed by atoms with Gasteiger partial charge in [-0.3, -0.25) is 0 Å². The molecule has 1 rings (SSSR count). The quantitative estimate of drug-likeness (QED) is 0.751. The van der Waals surface area contributed by atoms with E-state index in [0.29, 0.717) is 11.3 Å². The summed E-state index contributed by atoms with van der Waals surface area (Å²) < 4.78 is 17.7. The molecule has 0 bridgehead atoms. The zero-order valence-electron chi connectivity index (χ0n) is 7.53. The van der Waals surface area contributed by atoms with E-state index in [2.05, 4.69) is 0 Å². The van der Waals surface area contributed by atoms with Crippen molar-refractivity contribution in [3.8, 4) is 5.75 Å². The summed E-state index contributed by atoms with van der Waals surface area (Å²) in [4.78, 5) is 10.2. The highest BCUT2D eigenvalue weighted by Crippen LogP contribution is 2.20. The lowest BCUT2D eigenvalue weighted by Gasteiger charge is -2.03. The SMILES string of the molecule is COc1ccc(F)cc1/C=C\C(=O)O. The number of carboxylic acids is 1. The first-order valence-electron chi connectivity index (χ1n) is 3.88. The molecule has 0 spiro atoms. The minimum Gasteiger partial charge on any atom is -0.496 e. The van der Waals surface area contributed by atoms with E-state index in [4.69, 9.17) is 9.84 Å². The molecule has 1 N–H and O–H groups in total. The molecular weight excluding hydrogens is 187 g/mol. The maximum atomic E-state index is 12.8. The Kier molecular flexibility index (Phi) is 3.23. The fourth-order valence-corrected chi connectivity index (χ4v) is 0.997. The number of methoxy groups -OCH3 is 1. The molecule has 0 atom stereocenters. The average Bonchev–Trinajstić information content (AvgIpc) is 2.15. The number of benzene rings is 1. The Morgan fingerprint density at radius 3 is 2.86 bits per heavy atom. The van der Waals surface area contributed by atoms with Crippen molar-refractivity contribution in [3.63, 3.8) is 0 Å². The van der Waals surface area contributed by atoms with Crippen molar-refractivity contribution < 1.29 is 19.0 Å². The van der Waals surface area contributed by atoms with Crippen LogP contribution in [0.15, 0.2) is 24.3 Å². The number of hydrogen-bond acceptors (Lipinski definition) is 2. The maximum absolute atomic E-state index is 12.8. The third-order valence-corrected chi connectivity index (χ3v) is 1.60. The summed E-state index contributed by atoms with van der Waals surface area (Å²) in [7, 11) is 1.44. The molecule has 0 aromatic heterocycles. The van der Waals surface area contributed by atoms with Crippen molar-refractivity contribution in [2.75, 3.05) is 7.11 Å². The molecule has 1 aromatic rings. The van der Waals surface area contributed by atoms with E-state index in [9.17, 15) is 9.18 Å². The Morgan fingerprint density at radius 1 is 1.57 bits per heavy atom. The lowest BCUT2D eigenvalue weighted by atomic mass is 10.2. The first-order valence-corrected chi connectivity index (χ1v) is 3.88. The number of ether oxygens (including phenoxy) is 1. The van der Waals surface area contributed by atoms with Crippen molar-refractivity contribution >= 4 is 12.0 Å². The van der Waals surface area contributed by atoms with Crippen molar-refractivity contribution in [2.24, 2.45) is 0 Å². The van der Waals surface area contributed by atoms with Crippen LogP contribution >= 0.6 is 0 Å². The molecule has 0 amide bonds. The lowest BCUT2D eigenvalue weighted by molar-refractivity contribution is -0.131. The topological polar surface area (TPSA) is 46.5 Å². The Labute approximate surface area is 80.4 Å². The van der Waals surface area contributed by atoms with E-state index in [0.717, 1.165) is 6.08 Å². The van der Waals surface area contributed by atoms with Crippen molar-refractivity contribution in [2.45, 2.75) is 0 Å². The molecule has 3 nitrogen and oxygen atoms in total. The second-order valence-electron chi connectivity index (χ2n) is 2.56. The molecule has 14 heavy (non-hydrogen) atoms. The molecule has 74 valence electrons. The predicted molar refractivity (Wildman–Crippen MR) is 49.6 cm³/mol. The van der Waals surface area contributed by atoms with Gasteiger partial charge in [0.25, 0.3) is 0 Å². The fourth-order valence-electron chi connectivity index (χ4n) is 0.997. The largest absolute Gasteiger partial charge is 0.496 e. The van der Waals surface area contributed by atoms with E-state index < -0.39 is 11.8 Å². The number of carbonyl (C=O) groups is 1. The molecule has 0 heterocycles. The van der Waals surface area contributed by atoms with Crippen LogP contribution in [-0.2, 0) is 4.79 Å². The van der Waals surface area contributed by atoms with Crippen molar-refractivity contribution in [1.82, 2.24) is 0 Å². The summed E-state index contributed by atoms with van der Waals surface area (Å²) in [5.41, 5.74) is 0.398. The molecule has 0 fully saturated rings. The van der Waals surface area contributed by atoms with E-state index in [1.165, 1.54) is 31.4 Å². The summed E-state index contributed by atoms with van der Waals surface area (Å²) in [5.74, 6) is -1.09. The summed E-state index contributed by atoms with van der Waals surface area (Å²) in [5, 5.41) is 8.39. The number of rotatable bonds is 3. The third kappa shape index (κ3) is 2.58. The first kappa shape index (κ1) is 10.2. The van der Waals surface area contributed by atoms with Crippen LogP contribution in [0.1, 0.15) is 5.56 Å². The van der Waals surface area contributed by atoms with Crippen LogP contribution in [-0.4, -0.2) is 18.2 Å². The van der Waals surface area contributed by atoms with Gasteiger partial charge in [-0.1, -0.05) is 0 Å². The molecular formula is C10H9FO3. The summed E-state index contributed by atoms with van der Waals surface area (Å²) >= 11 is 0. The van der Waals surface area contributed by atoms with Crippen LogP contribution in [0.5, 0.6) is 5.75 Å². The lowest BCUT2D eigenvalue weighted by Crippen LogP contribution is -1.90. The molecule has 0 radical (unpaired) electrons. The third-order valence-electron chi connectivity index (χ3n) is 1.60. The second kappa shape index (κ2) is 4.41. The van der Waals surface area contributed by atoms with Gasteiger partial charge in [-0.05, 0) is 24.3 Å². The highest BCUT2D eigenvalue weighted by atomic mass is 19.1. The fraction of sp³-hybridized carbons (Fsp3) is 0.100. The van der Waals surface area contributed by atoms with Crippen LogP contribution in [0.25, 0.3) is 6.08 Å². The van der Waals surface area contributed by atoms with Gasteiger partial charge in [-0.2, -0.15) is 0 Å². The van der Waals surface area contributed by atoms with E-state index in [-0.39, 0.29) is 0 Å². The zero-order chi connectivity index (χ0) is 10.6. The van der Waals surface area contributed by atoms with Gasteiger partial charge in [-0.15, -0.1) is 0 Å². The second-order valence-corrected chi connectivity index (χ2v) is 2.56. The van der Waals surface area contributed by atoms with Crippen LogP contribution in [0.3, 0.4) is 0 Å². The maximum Gasteiger partial charge on any atom is 0.328 e. The van der Waals surface area contributed by atoms with Gasteiger partial charge < -0.3 is 9.84 Å².